The van der Waals surface area contributed by atoms with Crippen molar-refractivity contribution in [1.82, 2.24) is 15.5 Å². The number of hydrogen-bond acceptors (Lipinski definition) is 6. The van der Waals surface area contributed by atoms with Crippen molar-refractivity contribution in [3.8, 4) is 0 Å². The molecule has 2 aliphatic rings. The molecule has 0 radical (unpaired) electrons. The van der Waals surface area contributed by atoms with E-state index in [1.54, 1.807) is 4.90 Å². The van der Waals surface area contributed by atoms with E-state index in [-0.39, 0.29) is 48.4 Å². The average molecular weight is 596 g/mol. The molecule has 2 fully saturated rings. The van der Waals surface area contributed by atoms with Gasteiger partial charge in [0.1, 0.15) is 23.7 Å². The van der Waals surface area contributed by atoms with Crippen LogP contribution in [0.25, 0.3) is 0 Å². The third-order valence-corrected chi connectivity index (χ3v) is 8.96. The number of unbranched alkanes of at least 4 members (excludes halogenated alkanes) is 2. The summed E-state index contributed by atoms with van der Waals surface area (Å²) >= 11 is 0. The van der Waals surface area contributed by atoms with Gasteiger partial charge in [-0.2, -0.15) is 0 Å². The Labute approximate surface area is 255 Å². The van der Waals surface area contributed by atoms with Crippen LogP contribution in [0.2, 0.25) is 0 Å². The molecule has 43 heavy (non-hydrogen) atoms. The van der Waals surface area contributed by atoms with Gasteiger partial charge < -0.3 is 15.5 Å². The van der Waals surface area contributed by atoms with E-state index in [9.17, 15) is 28.8 Å². The zero-order valence-corrected chi connectivity index (χ0v) is 26.1. The zero-order valence-electron chi connectivity index (χ0n) is 26.1. The summed E-state index contributed by atoms with van der Waals surface area (Å²) < 4.78 is 0. The highest BCUT2D eigenvalue weighted by Gasteiger charge is 2.41. The van der Waals surface area contributed by atoms with E-state index in [1.165, 1.54) is 0 Å². The summed E-state index contributed by atoms with van der Waals surface area (Å²) in [6, 6.07) is 6.54. The molecule has 2 heterocycles. The highest BCUT2D eigenvalue weighted by molar-refractivity contribution is 5.99. The molecule has 1 aromatic carbocycles. The van der Waals surface area contributed by atoms with Crippen molar-refractivity contribution in [1.29, 1.82) is 0 Å². The van der Waals surface area contributed by atoms with Crippen molar-refractivity contribution in [2.24, 2.45) is 11.8 Å². The molecule has 236 valence electrons. The van der Waals surface area contributed by atoms with Crippen molar-refractivity contribution in [2.75, 3.05) is 6.54 Å². The van der Waals surface area contributed by atoms with Crippen molar-refractivity contribution < 1.29 is 28.8 Å². The Morgan fingerprint density at radius 3 is 2.37 bits per heavy atom. The van der Waals surface area contributed by atoms with Crippen LogP contribution in [-0.2, 0) is 35.2 Å². The van der Waals surface area contributed by atoms with Crippen LogP contribution in [0.1, 0.15) is 103 Å². The minimum atomic E-state index is -1.17. The lowest BCUT2D eigenvalue weighted by molar-refractivity contribution is -0.147. The van der Waals surface area contributed by atoms with Crippen molar-refractivity contribution in [2.45, 2.75) is 122 Å². The number of benzene rings is 1. The molecule has 2 N–H and O–H groups in total. The number of rotatable bonds is 13. The van der Waals surface area contributed by atoms with E-state index in [2.05, 4.69) is 10.6 Å². The molecule has 0 unspecified atom stereocenters. The quantitative estimate of drug-likeness (QED) is 0.330. The fourth-order valence-corrected chi connectivity index (χ4v) is 6.04. The number of carbonyl (C=O) groups is 6. The van der Waals surface area contributed by atoms with Gasteiger partial charge in [-0.1, -0.05) is 70.4 Å². The zero-order chi connectivity index (χ0) is 31.4. The topological polar surface area (TPSA) is 130 Å². The van der Waals surface area contributed by atoms with Gasteiger partial charge in [0.25, 0.3) is 0 Å². The Balaban J connectivity index is 1.87. The van der Waals surface area contributed by atoms with Crippen LogP contribution in [0.5, 0.6) is 0 Å². The first kappa shape index (κ1) is 34.1. The maximum atomic E-state index is 13.9. The summed E-state index contributed by atoms with van der Waals surface area (Å²) in [4.78, 5) is 81.4. The molecule has 1 aromatic rings. The molecule has 5 atom stereocenters. The largest absolute Gasteiger partial charge is 0.344 e. The highest BCUT2D eigenvalue weighted by Crippen LogP contribution is 2.26. The Kier molecular flexibility index (Phi) is 13.5. The Morgan fingerprint density at radius 1 is 0.930 bits per heavy atom. The van der Waals surface area contributed by atoms with Crippen LogP contribution in [0.3, 0.4) is 0 Å². The second-order valence-electron chi connectivity index (χ2n) is 12.2. The maximum Gasteiger partial charge on any atom is 0.246 e. The van der Waals surface area contributed by atoms with Gasteiger partial charge >= 0.3 is 0 Å². The summed E-state index contributed by atoms with van der Waals surface area (Å²) in [6.07, 6.45) is 6.13. The normalized spacial score (nSPS) is 24.2. The number of Topliss-reactive ketones (excluding diaryl/α,β-unsaturated/α-hetero) is 3. The lowest BCUT2D eigenvalue weighted by Gasteiger charge is -2.39. The van der Waals surface area contributed by atoms with Crippen LogP contribution in [-0.4, -0.2) is 64.6 Å². The van der Waals surface area contributed by atoms with Crippen LogP contribution >= 0.6 is 0 Å². The van der Waals surface area contributed by atoms with Gasteiger partial charge in [0.15, 0.2) is 5.78 Å². The Morgan fingerprint density at radius 2 is 1.67 bits per heavy atom. The molecule has 0 bridgehead atoms. The molecule has 0 aliphatic carbocycles. The van der Waals surface area contributed by atoms with Gasteiger partial charge in [-0.3, -0.25) is 28.8 Å². The summed E-state index contributed by atoms with van der Waals surface area (Å²) in [6.45, 7) is 6.09. The number of nitrogens with zero attached hydrogens (tertiary/aromatic N) is 1. The first-order valence-electron chi connectivity index (χ1n) is 16.2. The van der Waals surface area contributed by atoms with Gasteiger partial charge in [0.2, 0.25) is 17.7 Å². The second kappa shape index (κ2) is 17.1. The molecule has 3 amide bonds. The van der Waals surface area contributed by atoms with Gasteiger partial charge in [0.05, 0.1) is 6.04 Å². The molecule has 0 saturated carbocycles. The molecule has 0 aromatic heterocycles. The van der Waals surface area contributed by atoms with Crippen LogP contribution < -0.4 is 10.6 Å². The fraction of sp³-hybridized carbons (Fsp3) is 0.647. The average Bonchev–Trinajstić information content (AvgIpc) is 3.01. The number of ketones is 3. The molecule has 2 aliphatic heterocycles. The lowest BCUT2D eigenvalue weighted by Crippen LogP contribution is -2.61. The number of carbonyl (C=O) groups excluding carboxylic acids is 6. The number of amides is 3. The van der Waals surface area contributed by atoms with Crippen molar-refractivity contribution in [3.63, 3.8) is 0 Å². The van der Waals surface area contributed by atoms with Crippen LogP contribution in [0.4, 0.5) is 0 Å². The summed E-state index contributed by atoms with van der Waals surface area (Å²) in [7, 11) is 0. The monoisotopic (exact) mass is 595 g/mol. The molecule has 0 spiro atoms. The molecule has 9 heteroatoms. The summed E-state index contributed by atoms with van der Waals surface area (Å²) in [5, 5.41) is 5.68. The first-order valence-corrected chi connectivity index (χ1v) is 16.2. The Bertz CT molecular complexity index is 1140. The summed E-state index contributed by atoms with van der Waals surface area (Å²) in [5.41, 5.74) is 0.807. The number of piperidine rings is 1. The van der Waals surface area contributed by atoms with Crippen LogP contribution in [0, 0.1) is 11.8 Å². The van der Waals surface area contributed by atoms with Gasteiger partial charge in [-0.05, 0) is 43.6 Å². The molecule has 3 rings (SSSR count). The molecule has 2 saturated heterocycles. The number of nitrogens with one attached hydrogen (secondary N) is 2. The Hall–Kier alpha value is -3.36. The van der Waals surface area contributed by atoms with Gasteiger partial charge in [-0.15, -0.1) is 0 Å². The number of hydrogen-bond donors (Lipinski definition) is 2. The van der Waals surface area contributed by atoms with E-state index in [1.807, 2.05) is 51.1 Å². The minimum absolute atomic E-state index is 0.0333. The SMILES string of the molecule is CCC(=O)CCCCC[C@@H]1CC(=O)[C@H]2CCCCN2C(=O)[C@H]([C@H](C)CC)NC(=O)[C@H](CC(=O)Cc2ccccc2)NC1=O. The molecule has 9 nitrogen and oxygen atoms in total. The molecular formula is C34H49N3O6. The highest BCUT2D eigenvalue weighted by atomic mass is 16.2. The second-order valence-corrected chi connectivity index (χ2v) is 12.2. The van der Waals surface area contributed by atoms with Gasteiger partial charge in [0, 0.05) is 44.6 Å². The first-order chi connectivity index (χ1) is 20.6. The van der Waals surface area contributed by atoms with Gasteiger partial charge in [-0.25, -0.2) is 0 Å². The fourth-order valence-electron chi connectivity index (χ4n) is 6.04. The van der Waals surface area contributed by atoms with E-state index in [4.69, 9.17) is 0 Å². The molecular weight excluding hydrogens is 546 g/mol. The van der Waals surface area contributed by atoms with E-state index >= 15 is 0 Å². The van der Waals surface area contributed by atoms with Crippen molar-refractivity contribution >= 4 is 35.1 Å². The predicted molar refractivity (Wildman–Crippen MR) is 164 cm³/mol. The maximum absolute atomic E-state index is 13.9. The van der Waals surface area contributed by atoms with E-state index < -0.39 is 35.9 Å². The predicted octanol–water partition coefficient (Wildman–Crippen LogP) is 4.10. The minimum Gasteiger partial charge on any atom is -0.344 e. The number of fused-ring (bicyclic) bond motifs is 1. The van der Waals surface area contributed by atoms with E-state index in [0.717, 1.165) is 31.2 Å². The third kappa shape index (κ3) is 10.1. The van der Waals surface area contributed by atoms with Crippen LogP contribution in [0.15, 0.2) is 30.3 Å². The van der Waals surface area contributed by atoms with E-state index in [0.29, 0.717) is 45.1 Å². The summed E-state index contributed by atoms with van der Waals surface area (Å²) in [5.74, 6) is -2.33. The standard InChI is InChI=1S/C34H49N3O6/c1-4-23(3)31-34(43)37-19-13-12-18-29(37)30(40)21-25(16-10-7-11-17-26(38)5-2)32(41)35-28(33(42)36-31)22-27(39)20-24-14-8-6-9-15-24/h6,8-9,14-15,23,25,28-29,31H,4-5,7,10-13,16-22H2,1-3H3,(H,35,41)(H,36,42)/t23-,25-,28+,29-,31+/m1/s1. The lowest BCUT2D eigenvalue weighted by atomic mass is 9.87. The third-order valence-electron chi connectivity index (χ3n) is 8.96. The van der Waals surface area contributed by atoms with Crippen molar-refractivity contribution in [3.05, 3.63) is 35.9 Å². The smallest absolute Gasteiger partial charge is 0.246 e.